The van der Waals surface area contributed by atoms with Gasteiger partial charge in [0.25, 0.3) is 0 Å². The normalized spacial score (nSPS) is 23.4. The van der Waals surface area contributed by atoms with Crippen molar-refractivity contribution in [1.29, 1.82) is 0 Å². The minimum absolute atomic E-state index is 0.129. The molecule has 4 atom stereocenters. The van der Waals surface area contributed by atoms with E-state index >= 15 is 14.4 Å². The Morgan fingerprint density at radius 3 is 1.52 bits per heavy atom. The number of Topliss-reactive ketones (excluding diaryl/α,β-unsaturated/α-hetero) is 1. The number of anilines is 1. The first-order chi connectivity index (χ1) is 24.6. The average molecular weight is 649 g/mol. The Kier molecular flexibility index (Phi) is 5.89. The fraction of sp³-hybridized carbons (Fsp3) is 0.0909. The van der Waals surface area contributed by atoms with E-state index in [0.717, 1.165) is 32.7 Å². The number of nitrogens with zero attached hydrogens (tertiary/aromatic N) is 2. The van der Waals surface area contributed by atoms with E-state index in [9.17, 15) is 0 Å². The fourth-order valence-corrected chi connectivity index (χ4v) is 9.45. The van der Waals surface area contributed by atoms with Crippen molar-refractivity contribution >= 4 is 44.8 Å². The van der Waals surface area contributed by atoms with Crippen LogP contribution in [0.5, 0.6) is 11.5 Å². The molecule has 2 fully saturated rings. The van der Waals surface area contributed by atoms with Gasteiger partial charge in [-0.25, -0.2) is 4.90 Å². The van der Waals surface area contributed by atoms with Crippen molar-refractivity contribution in [2.24, 2.45) is 11.8 Å². The number of hydrogen-bond acceptors (Lipinski definition) is 5. The van der Waals surface area contributed by atoms with Gasteiger partial charge < -0.3 is 4.74 Å². The number of carbonyl (C=O) groups is 3. The Morgan fingerprint density at radius 1 is 0.520 bits per heavy atom. The maximum absolute atomic E-state index is 16.1. The molecule has 1 saturated carbocycles. The zero-order valence-electron chi connectivity index (χ0n) is 26.7. The topological polar surface area (TPSA) is 76.6 Å². The molecular weight excluding hydrogens is 620 g/mol. The van der Waals surface area contributed by atoms with Gasteiger partial charge in [-0.15, -0.1) is 0 Å². The van der Waals surface area contributed by atoms with Crippen LogP contribution in [0.1, 0.15) is 22.3 Å². The van der Waals surface area contributed by atoms with Gasteiger partial charge in [-0.05, 0) is 68.1 Å². The first-order valence-corrected chi connectivity index (χ1v) is 16.7. The summed E-state index contributed by atoms with van der Waals surface area (Å²) in [6.07, 6.45) is 3.23. The molecule has 50 heavy (non-hydrogen) atoms. The maximum Gasteiger partial charge on any atom is 0.239 e. The lowest BCUT2D eigenvalue weighted by molar-refractivity contribution is -0.130. The minimum Gasteiger partial charge on any atom is -0.454 e. The van der Waals surface area contributed by atoms with Gasteiger partial charge in [0.2, 0.25) is 11.8 Å². The van der Waals surface area contributed by atoms with Crippen LogP contribution >= 0.6 is 0 Å². The minimum atomic E-state index is -1.44. The van der Waals surface area contributed by atoms with Crippen molar-refractivity contribution < 1.29 is 19.1 Å². The number of aromatic nitrogens is 1. The third-order valence-corrected chi connectivity index (χ3v) is 11.1. The van der Waals surface area contributed by atoms with Crippen molar-refractivity contribution in [3.05, 3.63) is 180 Å². The van der Waals surface area contributed by atoms with E-state index < -0.39 is 34.5 Å². The van der Waals surface area contributed by atoms with Gasteiger partial charge in [-0.2, -0.15) is 0 Å². The summed E-state index contributed by atoms with van der Waals surface area (Å²) in [5.41, 5.74) is 0.493. The molecule has 3 aliphatic rings. The molecule has 0 spiro atoms. The number of hydrogen-bond donors (Lipinski definition) is 0. The third kappa shape index (κ3) is 3.37. The van der Waals surface area contributed by atoms with Gasteiger partial charge in [0, 0.05) is 6.20 Å². The Labute approximate surface area is 287 Å². The van der Waals surface area contributed by atoms with Crippen molar-refractivity contribution in [1.82, 2.24) is 4.98 Å². The van der Waals surface area contributed by atoms with Gasteiger partial charge in [0.1, 0.15) is 5.75 Å². The van der Waals surface area contributed by atoms with Crippen LogP contribution in [0.25, 0.3) is 21.5 Å². The monoisotopic (exact) mass is 648 g/mol. The summed E-state index contributed by atoms with van der Waals surface area (Å²) in [5, 5.41) is 3.82. The van der Waals surface area contributed by atoms with Crippen molar-refractivity contribution in [3.8, 4) is 11.5 Å². The molecule has 2 amide bonds. The van der Waals surface area contributed by atoms with Crippen LogP contribution < -0.4 is 9.64 Å². The van der Waals surface area contributed by atoms with Crippen LogP contribution in [0, 0.1) is 11.8 Å². The molecule has 1 aliphatic heterocycles. The first-order valence-electron chi connectivity index (χ1n) is 16.7. The summed E-state index contributed by atoms with van der Waals surface area (Å²) < 4.78 is 6.25. The fourth-order valence-electron chi connectivity index (χ4n) is 9.45. The maximum atomic E-state index is 16.1. The number of fused-ring (bicyclic) bond motifs is 13. The average Bonchev–Trinajstić information content (AvgIpc) is 3.69. The summed E-state index contributed by atoms with van der Waals surface area (Å²) in [6, 6.07) is 46.1. The Balaban J connectivity index is 1.34. The molecule has 6 heteroatoms. The highest BCUT2D eigenvalue weighted by molar-refractivity contribution is 6.34. The van der Waals surface area contributed by atoms with E-state index in [1.165, 1.54) is 4.90 Å². The lowest BCUT2D eigenvalue weighted by atomic mass is 9.59. The predicted octanol–water partition coefficient (Wildman–Crippen LogP) is 8.15. The summed E-state index contributed by atoms with van der Waals surface area (Å²) >= 11 is 0. The number of carbonyl (C=O) groups excluding carboxylic acids is 3. The number of ether oxygens (including phenoxy) is 1. The number of amides is 2. The number of pyridine rings is 1. The number of rotatable bonds is 5. The number of para-hydroxylation sites is 2. The SMILES string of the molecule is O=C1[C@@H]2[C@H](C(=O)N1c1ccccc1Oc1cccnc1)[C@]1(c3ccccc3)C(=O)[C@@]2(c2ccccc2)c2c1c1ccccc1c1ccccc21. The highest BCUT2D eigenvalue weighted by Gasteiger charge is 2.82. The smallest absolute Gasteiger partial charge is 0.239 e. The molecule has 1 saturated heterocycles. The number of benzene rings is 6. The van der Waals surface area contributed by atoms with Crippen molar-refractivity contribution in [3.63, 3.8) is 0 Å². The summed E-state index contributed by atoms with van der Waals surface area (Å²) in [4.78, 5) is 52.3. The molecule has 0 N–H and O–H groups in total. The molecule has 1 aromatic heterocycles. The second-order valence-electron chi connectivity index (χ2n) is 13.2. The van der Waals surface area contributed by atoms with E-state index in [1.54, 1.807) is 48.8 Å². The van der Waals surface area contributed by atoms with Gasteiger partial charge in [-0.3, -0.25) is 19.4 Å². The van der Waals surface area contributed by atoms with Crippen LogP contribution in [0.4, 0.5) is 5.69 Å². The predicted molar refractivity (Wildman–Crippen MR) is 191 cm³/mol. The summed E-state index contributed by atoms with van der Waals surface area (Å²) in [7, 11) is 0. The molecule has 6 aromatic carbocycles. The second kappa shape index (κ2) is 10.3. The molecule has 7 aromatic rings. The van der Waals surface area contributed by atoms with Gasteiger partial charge >= 0.3 is 0 Å². The molecule has 2 aliphatic carbocycles. The Morgan fingerprint density at radius 2 is 1.00 bits per heavy atom. The van der Waals surface area contributed by atoms with Gasteiger partial charge in [0.15, 0.2) is 11.5 Å². The van der Waals surface area contributed by atoms with E-state index in [2.05, 4.69) is 29.2 Å². The zero-order chi connectivity index (χ0) is 33.6. The molecular formula is C44H28N2O4. The molecule has 2 heterocycles. The van der Waals surface area contributed by atoms with Crippen LogP contribution in [0.2, 0.25) is 0 Å². The third-order valence-electron chi connectivity index (χ3n) is 11.1. The standard InChI is InChI=1S/C44H28N2O4/c47-40-38-39(41(48)46(40)34-23-11-12-24-35(34)50-29-18-13-25-45-26-29)44(28-16-5-2-6-17-28)37-33-22-10-8-20-31(33)30-19-7-9-21-32(30)36(37)43(38,42(44)49)27-14-3-1-4-15-27/h1-26,38-39H/t38-,39+,43-,44+. The van der Waals surface area contributed by atoms with E-state index in [-0.39, 0.29) is 5.78 Å². The molecule has 6 nitrogen and oxygen atoms in total. The quantitative estimate of drug-likeness (QED) is 0.139. The highest BCUT2D eigenvalue weighted by Crippen LogP contribution is 2.72. The van der Waals surface area contributed by atoms with Gasteiger partial charge in [0.05, 0.1) is 34.6 Å². The Hall–Kier alpha value is -6.40. The second-order valence-corrected chi connectivity index (χ2v) is 13.2. The van der Waals surface area contributed by atoms with E-state index in [0.29, 0.717) is 28.3 Å². The molecule has 238 valence electrons. The number of ketones is 1. The largest absolute Gasteiger partial charge is 0.454 e. The van der Waals surface area contributed by atoms with Crippen molar-refractivity contribution in [2.45, 2.75) is 10.8 Å². The van der Waals surface area contributed by atoms with Crippen LogP contribution in [0.15, 0.2) is 158 Å². The molecule has 10 rings (SSSR count). The van der Waals surface area contributed by atoms with Crippen LogP contribution in [-0.4, -0.2) is 22.6 Å². The molecule has 0 radical (unpaired) electrons. The highest BCUT2D eigenvalue weighted by atomic mass is 16.5. The lowest BCUT2D eigenvalue weighted by Gasteiger charge is -2.38. The first kappa shape index (κ1) is 28.6. The molecule has 2 bridgehead atoms. The Bertz CT molecular complexity index is 2420. The lowest BCUT2D eigenvalue weighted by Crippen LogP contribution is -2.45. The number of imide groups is 1. The summed E-state index contributed by atoms with van der Waals surface area (Å²) in [5.74, 6) is -2.16. The van der Waals surface area contributed by atoms with Crippen LogP contribution in [0.3, 0.4) is 0 Å². The van der Waals surface area contributed by atoms with E-state index in [4.69, 9.17) is 4.74 Å². The van der Waals surface area contributed by atoms with Crippen molar-refractivity contribution in [2.75, 3.05) is 4.90 Å². The summed E-state index contributed by atoms with van der Waals surface area (Å²) in [6.45, 7) is 0. The van der Waals surface area contributed by atoms with Gasteiger partial charge in [-0.1, -0.05) is 121 Å². The zero-order valence-corrected chi connectivity index (χ0v) is 26.7. The van der Waals surface area contributed by atoms with Crippen LogP contribution in [-0.2, 0) is 25.2 Å². The molecule has 0 unspecified atom stereocenters. The van der Waals surface area contributed by atoms with E-state index in [1.807, 2.05) is 84.9 Å².